The molecule has 23 heavy (non-hydrogen) atoms. The Kier molecular flexibility index (Phi) is 3.99. The Morgan fingerprint density at radius 3 is 2.78 bits per heavy atom. The van der Waals surface area contributed by atoms with Gasteiger partial charge in [-0.15, -0.1) is 0 Å². The Bertz CT molecular complexity index is 648. The van der Waals surface area contributed by atoms with Crippen LogP contribution in [0.4, 0.5) is 5.95 Å². The van der Waals surface area contributed by atoms with E-state index >= 15 is 0 Å². The molecule has 4 rings (SSSR count). The molecule has 1 fully saturated rings. The third-order valence-electron chi connectivity index (χ3n) is 5.22. The van der Waals surface area contributed by atoms with Gasteiger partial charge in [-0.05, 0) is 24.8 Å². The largest absolute Gasteiger partial charge is 0.353 e. The van der Waals surface area contributed by atoms with Gasteiger partial charge in [-0.25, -0.2) is 15.0 Å². The highest BCUT2D eigenvalue weighted by atomic mass is 15.2. The predicted octanol–water partition coefficient (Wildman–Crippen LogP) is 1.85. The van der Waals surface area contributed by atoms with Gasteiger partial charge in [0.25, 0.3) is 0 Å². The molecule has 1 atom stereocenters. The molecule has 0 unspecified atom stereocenters. The van der Waals surface area contributed by atoms with Crippen molar-refractivity contribution in [2.24, 2.45) is 13.0 Å². The quantitative estimate of drug-likeness (QED) is 0.913. The van der Waals surface area contributed by atoms with Crippen LogP contribution >= 0.6 is 0 Å². The summed E-state index contributed by atoms with van der Waals surface area (Å²) in [6.07, 6.45) is 10.7. The summed E-state index contributed by atoms with van der Waals surface area (Å²) in [6, 6.07) is 2.32. The SMILES string of the molecule is Cn1cnc2c1C[C@H](CNc1ncccn1)N(CC1CCC1)C2. The summed E-state index contributed by atoms with van der Waals surface area (Å²) >= 11 is 0. The summed E-state index contributed by atoms with van der Waals surface area (Å²) in [5.74, 6) is 1.59. The molecule has 1 N–H and O–H groups in total. The summed E-state index contributed by atoms with van der Waals surface area (Å²) in [5, 5.41) is 3.40. The zero-order chi connectivity index (χ0) is 15.6. The average Bonchev–Trinajstić information content (AvgIpc) is 2.90. The number of hydrogen-bond acceptors (Lipinski definition) is 5. The lowest BCUT2D eigenvalue weighted by Gasteiger charge is -2.39. The van der Waals surface area contributed by atoms with Gasteiger partial charge in [0.05, 0.1) is 12.0 Å². The standard InChI is InChI=1S/C17H24N6/c1-22-12-21-15-11-23(10-13-4-2-5-13)14(8-16(15)22)9-20-17-18-6-3-7-19-17/h3,6-7,12-14H,2,4-5,8-11H2,1H3,(H,18,19,20)/t14-/m1/s1. The first kappa shape index (κ1) is 14.6. The van der Waals surface area contributed by atoms with Gasteiger partial charge in [0, 0.05) is 57.2 Å². The first-order chi connectivity index (χ1) is 11.3. The first-order valence-electron chi connectivity index (χ1n) is 8.53. The number of aryl methyl sites for hydroxylation is 1. The van der Waals surface area contributed by atoms with Crippen molar-refractivity contribution in [1.29, 1.82) is 0 Å². The molecule has 0 bridgehead atoms. The molecule has 1 aliphatic heterocycles. The fraction of sp³-hybridized carbons (Fsp3) is 0.588. The van der Waals surface area contributed by atoms with Crippen LogP contribution in [0.25, 0.3) is 0 Å². The summed E-state index contributed by atoms with van der Waals surface area (Å²) in [4.78, 5) is 15.7. The Hall–Kier alpha value is -1.95. The Balaban J connectivity index is 1.47. The van der Waals surface area contributed by atoms with Crippen LogP contribution in [0.3, 0.4) is 0 Å². The second-order valence-electron chi connectivity index (χ2n) is 6.79. The van der Waals surface area contributed by atoms with Gasteiger partial charge in [-0.3, -0.25) is 4.90 Å². The van der Waals surface area contributed by atoms with E-state index in [0.717, 1.165) is 25.4 Å². The first-order valence-corrected chi connectivity index (χ1v) is 8.53. The molecule has 6 heteroatoms. The van der Waals surface area contributed by atoms with Crippen molar-refractivity contribution in [3.63, 3.8) is 0 Å². The number of nitrogens with one attached hydrogen (secondary N) is 1. The summed E-state index contributed by atoms with van der Waals surface area (Å²) in [6.45, 7) is 3.04. The van der Waals surface area contributed by atoms with Crippen molar-refractivity contribution in [2.45, 2.75) is 38.3 Å². The number of fused-ring (bicyclic) bond motifs is 1. The summed E-state index contributed by atoms with van der Waals surface area (Å²) < 4.78 is 2.17. The Morgan fingerprint density at radius 2 is 2.04 bits per heavy atom. The van der Waals surface area contributed by atoms with Crippen LogP contribution in [0.15, 0.2) is 24.8 Å². The third kappa shape index (κ3) is 3.08. The van der Waals surface area contributed by atoms with Gasteiger partial charge in [0.2, 0.25) is 5.95 Å². The maximum absolute atomic E-state index is 4.59. The van der Waals surface area contributed by atoms with Gasteiger partial charge in [-0.1, -0.05) is 6.42 Å². The van der Waals surface area contributed by atoms with Gasteiger partial charge in [-0.2, -0.15) is 0 Å². The van der Waals surface area contributed by atoms with E-state index in [-0.39, 0.29) is 0 Å². The number of hydrogen-bond donors (Lipinski definition) is 1. The third-order valence-corrected chi connectivity index (χ3v) is 5.22. The molecule has 0 spiro atoms. The molecular weight excluding hydrogens is 288 g/mol. The van der Waals surface area contributed by atoms with Crippen molar-refractivity contribution in [1.82, 2.24) is 24.4 Å². The van der Waals surface area contributed by atoms with Crippen LogP contribution in [0.5, 0.6) is 0 Å². The normalized spacial score (nSPS) is 21.7. The van der Waals surface area contributed by atoms with E-state index in [1.807, 2.05) is 12.4 Å². The van der Waals surface area contributed by atoms with Crippen LogP contribution in [0.2, 0.25) is 0 Å². The Labute approximate surface area is 137 Å². The number of imidazole rings is 1. The van der Waals surface area contributed by atoms with E-state index in [4.69, 9.17) is 0 Å². The molecule has 0 saturated heterocycles. The summed E-state index contributed by atoms with van der Waals surface area (Å²) in [5.41, 5.74) is 2.62. The number of anilines is 1. The monoisotopic (exact) mass is 312 g/mol. The predicted molar refractivity (Wildman–Crippen MR) is 89.0 cm³/mol. The lowest BCUT2D eigenvalue weighted by atomic mass is 9.84. The zero-order valence-corrected chi connectivity index (χ0v) is 13.6. The van der Waals surface area contributed by atoms with E-state index in [1.165, 1.54) is 37.2 Å². The highest BCUT2D eigenvalue weighted by Gasteiger charge is 2.31. The van der Waals surface area contributed by atoms with Crippen LogP contribution in [-0.4, -0.2) is 43.6 Å². The highest BCUT2D eigenvalue weighted by molar-refractivity contribution is 5.24. The fourth-order valence-electron chi connectivity index (χ4n) is 3.59. The molecule has 6 nitrogen and oxygen atoms in total. The maximum Gasteiger partial charge on any atom is 0.222 e. The Morgan fingerprint density at radius 1 is 1.22 bits per heavy atom. The maximum atomic E-state index is 4.59. The molecule has 1 saturated carbocycles. The van der Waals surface area contributed by atoms with E-state index in [2.05, 4.69) is 36.8 Å². The van der Waals surface area contributed by atoms with Crippen molar-refractivity contribution < 1.29 is 0 Å². The van der Waals surface area contributed by atoms with Gasteiger partial charge in [0.1, 0.15) is 0 Å². The molecule has 0 radical (unpaired) electrons. The number of aromatic nitrogens is 4. The van der Waals surface area contributed by atoms with E-state index < -0.39 is 0 Å². The fourth-order valence-corrected chi connectivity index (χ4v) is 3.59. The van der Waals surface area contributed by atoms with Crippen LogP contribution in [-0.2, 0) is 20.0 Å². The molecule has 0 amide bonds. The highest BCUT2D eigenvalue weighted by Crippen LogP contribution is 2.30. The molecule has 2 aliphatic rings. The lowest BCUT2D eigenvalue weighted by Crippen LogP contribution is -2.47. The molecule has 0 aromatic carbocycles. The lowest BCUT2D eigenvalue weighted by molar-refractivity contribution is 0.117. The minimum Gasteiger partial charge on any atom is -0.353 e. The second kappa shape index (κ2) is 6.28. The molecular formula is C17H24N6. The van der Waals surface area contributed by atoms with E-state index in [0.29, 0.717) is 12.0 Å². The van der Waals surface area contributed by atoms with E-state index in [9.17, 15) is 0 Å². The van der Waals surface area contributed by atoms with Gasteiger partial charge in [0.15, 0.2) is 0 Å². The second-order valence-corrected chi connectivity index (χ2v) is 6.79. The molecule has 2 aromatic heterocycles. The van der Waals surface area contributed by atoms with Crippen molar-refractivity contribution in [3.8, 4) is 0 Å². The van der Waals surface area contributed by atoms with E-state index in [1.54, 1.807) is 12.4 Å². The van der Waals surface area contributed by atoms with Crippen LogP contribution in [0.1, 0.15) is 30.7 Å². The summed E-state index contributed by atoms with van der Waals surface area (Å²) in [7, 11) is 2.10. The van der Waals surface area contributed by atoms with Gasteiger partial charge >= 0.3 is 0 Å². The van der Waals surface area contributed by atoms with Crippen LogP contribution < -0.4 is 5.32 Å². The molecule has 1 aliphatic carbocycles. The van der Waals surface area contributed by atoms with Crippen molar-refractivity contribution in [2.75, 3.05) is 18.4 Å². The smallest absolute Gasteiger partial charge is 0.222 e. The zero-order valence-electron chi connectivity index (χ0n) is 13.6. The average molecular weight is 312 g/mol. The minimum atomic E-state index is 0.474. The van der Waals surface area contributed by atoms with Crippen molar-refractivity contribution in [3.05, 3.63) is 36.2 Å². The minimum absolute atomic E-state index is 0.474. The topological polar surface area (TPSA) is 58.9 Å². The number of nitrogens with zero attached hydrogens (tertiary/aromatic N) is 5. The van der Waals surface area contributed by atoms with Crippen LogP contribution in [0, 0.1) is 5.92 Å². The molecule has 3 heterocycles. The number of rotatable bonds is 5. The molecule has 2 aromatic rings. The van der Waals surface area contributed by atoms with Gasteiger partial charge < -0.3 is 9.88 Å². The molecule has 122 valence electrons. The van der Waals surface area contributed by atoms with Crippen molar-refractivity contribution >= 4 is 5.95 Å².